The minimum atomic E-state index is -0.413. The summed E-state index contributed by atoms with van der Waals surface area (Å²) in [4.78, 5) is 12.6. The van der Waals surface area contributed by atoms with Crippen LogP contribution in [0, 0.1) is 5.41 Å². The predicted molar refractivity (Wildman–Crippen MR) is 85.6 cm³/mol. The van der Waals surface area contributed by atoms with Crippen molar-refractivity contribution in [3.05, 3.63) is 46.9 Å². The number of hydrogen-bond donors (Lipinski definition) is 0. The van der Waals surface area contributed by atoms with Crippen LogP contribution in [0.5, 0.6) is 0 Å². The standard InChI is InChI=1S/C19H24O/c1-3-5-6-9-13-19(18(20)10-4-2)14-16-11-7-8-12-17(16)15-19/h4,7-8,10-12,14-15H,3,5-6,9,13H2,1-2H3/b10-4+. The molecule has 0 amide bonds. The second-order valence-corrected chi connectivity index (χ2v) is 5.63. The summed E-state index contributed by atoms with van der Waals surface area (Å²) < 4.78 is 0. The van der Waals surface area contributed by atoms with Crippen LogP contribution in [0.2, 0.25) is 0 Å². The maximum atomic E-state index is 12.6. The first-order valence-corrected chi connectivity index (χ1v) is 7.70. The van der Waals surface area contributed by atoms with Crippen molar-refractivity contribution in [3.63, 3.8) is 0 Å². The Morgan fingerprint density at radius 1 is 1.10 bits per heavy atom. The number of ketones is 1. The van der Waals surface area contributed by atoms with Gasteiger partial charge in [-0.15, -0.1) is 0 Å². The monoisotopic (exact) mass is 268 g/mol. The van der Waals surface area contributed by atoms with E-state index in [-0.39, 0.29) is 5.78 Å². The minimum absolute atomic E-state index is 0.215. The van der Waals surface area contributed by atoms with Crippen molar-refractivity contribution in [2.24, 2.45) is 5.41 Å². The first-order valence-electron chi connectivity index (χ1n) is 7.70. The summed E-state index contributed by atoms with van der Waals surface area (Å²) in [5.41, 5.74) is -0.413. The van der Waals surface area contributed by atoms with E-state index in [2.05, 4.69) is 31.2 Å². The van der Waals surface area contributed by atoms with Gasteiger partial charge in [0.05, 0.1) is 5.41 Å². The largest absolute Gasteiger partial charge is 0.294 e. The highest BCUT2D eigenvalue weighted by Gasteiger charge is 2.33. The van der Waals surface area contributed by atoms with Crippen molar-refractivity contribution in [2.75, 3.05) is 0 Å². The highest BCUT2D eigenvalue weighted by atomic mass is 16.1. The fourth-order valence-corrected chi connectivity index (χ4v) is 2.93. The number of benzene rings is 1. The summed E-state index contributed by atoms with van der Waals surface area (Å²) in [6.45, 7) is 4.12. The molecule has 1 aromatic carbocycles. The van der Waals surface area contributed by atoms with Gasteiger partial charge in [0.1, 0.15) is 0 Å². The van der Waals surface area contributed by atoms with Gasteiger partial charge in [-0.25, -0.2) is 0 Å². The first-order chi connectivity index (χ1) is 9.72. The molecule has 1 aromatic rings. The van der Waals surface area contributed by atoms with Gasteiger partial charge in [-0.05, 0) is 29.9 Å². The van der Waals surface area contributed by atoms with Crippen molar-refractivity contribution in [1.82, 2.24) is 0 Å². The lowest BCUT2D eigenvalue weighted by Gasteiger charge is -2.22. The van der Waals surface area contributed by atoms with Crippen molar-refractivity contribution < 1.29 is 4.79 Å². The van der Waals surface area contributed by atoms with Gasteiger partial charge >= 0.3 is 0 Å². The lowest BCUT2D eigenvalue weighted by atomic mass is 9.79. The third-order valence-corrected chi connectivity index (χ3v) is 4.04. The van der Waals surface area contributed by atoms with E-state index in [0.717, 1.165) is 12.8 Å². The third-order valence-electron chi connectivity index (χ3n) is 4.04. The molecule has 0 radical (unpaired) electrons. The van der Waals surface area contributed by atoms with Crippen LogP contribution in [0.3, 0.4) is 0 Å². The van der Waals surface area contributed by atoms with Crippen LogP contribution in [-0.4, -0.2) is 5.78 Å². The molecule has 0 spiro atoms. The van der Waals surface area contributed by atoms with Crippen LogP contribution in [-0.2, 0) is 4.79 Å². The molecule has 1 aliphatic rings. The maximum absolute atomic E-state index is 12.6. The molecule has 20 heavy (non-hydrogen) atoms. The van der Waals surface area contributed by atoms with Gasteiger partial charge in [-0.3, -0.25) is 4.79 Å². The Balaban J connectivity index is 2.28. The van der Waals surface area contributed by atoms with Gasteiger partial charge in [-0.1, -0.05) is 75.1 Å². The molecule has 1 heteroatoms. The molecule has 0 saturated carbocycles. The molecule has 0 atom stereocenters. The second-order valence-electron chi connectivity index (χ2n) is 5.63. The summed E-state index contributed by atoms with van der Waals surface area (Å²) in [6, 6.07) is 8.28. The Morgan fingerprint density at radius 3 is 2.30 bits per heavy atom. The van der Waals surface area contributed by atoms with E-state index in [1.807, 2.05) is 25.1 Å². The molecular weight excluding hydrogens is 244 g/mol. The van der Waals surface area contributed by atoms with Crippen LogP contribution < -0.4 is 10.4 Å². The van der Waals surface area contributed by atoms with Crippen LogP contribution in [0.4, 0.5) is 0 Å². The molecule has 106 valence electrons. The summed E-state index contributed by atoms with van der Waals surface area (Å²) in [7, 11) is 0. The van der Waals surface area contributed by atoms with Gasteiger partial charge in [0.15, 0.2) is 5.78 Å². The smallest absolute Gasteiger partial charge is 0.169 e. The van der Waals surface area contributed by atoms with Gasteiger partial charge < -0.3 is 0 Å². The van der Waals surface area contributed by atoms with Crippen molar-refractivity contribution in [3.8, 4) is 0 Å². The Bertz CT molecular complexity index is 572. The number of carbonyl (C=O) groups excluding carboxylic acids is 1. The number of hydrogen-bond acceptors (Lipinski definition) is 1. The van der Waals surface area contributed by atoms with E-state index < -0.39 is 5.41 Å². The van der Waals surface area contributed by atoms with Gasteiger partial charge in [-0.2, -0.15) is 0 Å². The Hall–Kier alpha value is -1.63. The molecule has 0 aliphatic heterocycles. The molecule has 1 aliphatic carbocycles. The fraction of sp³-hybridized carbons (Fsp3) is 0.421. The Labute approximate surface area is 121 Å². The molecule has 0 aromatic heterocycles. The summed E-state index contributed by atoms with van der Waals surface area (Å²) in [5.74, 6) is 0.215. The third kappa shape index (κ3) is 3.09. The van der Waals surface area contributed by atoms with Crippen LogP contribution in [0.15, 0.2) is 36.4 Å². The van der Waals surface area contributed by atoms with E-state index in [1.54, 1.807) is 6.08 Å². The summed E-state index contributed by atoms with van der Waals surface area (Å²) >= 11 is 0. The SMILES string of the molecule is C/C=C/C(=O)C1(CCCCCC)C=c2ccccc2=C1. The zero-order valence-corrected chi connectivity index (χ0v) is 12.6. The van der Waals surface area contributed by atoms with E-state index in [4.69, 9.17) is 0 Å². The number of allylic oxidation sites excluding steroid dienone is 2. The number of rotatable bonds is 7. The molecule has 0 bridgehead atoms. The molecule has 0 unspecified atom stereocenters. The lowest BCUT2D eigenvalue weighted by molar-refractivity contribution is -0.118. The highest BCUT2D eigenvalue weighted by Crippen LogP contribution is 2.32. The average Bonchev–Trinajstić information content (AvgIpc) is 2.84. The van der Waals surface area contributed by atoms with E-state index in [1.165, 1.54) is 29.7 Å². The second kappa shape index (κ2) is 6.69. The van der Waals surface area contributed by atoms with E-state index >= 15 is 0 Å². The number of unbranched alkanes of at least 4 members (excludes halogenated alkanes) is 3. The maximum Gasteiger partial charge on any atom is 0.169 e. The molecule has 0 saturated heterocycles. The Morgan fingerprint density at radius 2 is 1.75 bits per heavy atom. The molecular formula is C19H24O. The van der Waals surface area contributed by atoms with E-state index in [0.29, 0.717) is 0 Å². The molecule has 0 N–H and O–H groups in total. The first kappa shape index (κ1) is 14.8. The van der Waals surface area contributed by atoms with Crippen molar-refractivity contribution >= 4 is 17.9 Å². The number of carbonyl (C=O) groups is 1. The lowest BCUT2D eigenvalue weighted by Crippen LogP contribution is -2.24. The van der Waals surface area contributed by atoms with E-state index in [9.17, 15) is 4.79 Å². The topological polar surface area (TPSA) is 17.1 Å². The van der Waals surface area contributed by atoms with Crippen LogP contribution >= 0.6 is 0 Å². The minimum Gasteiger partial charge on any atom is -0.294 e. The summed E-state index contributed by atoms with van der Waals surface area (Å²) in [5, 5.41) is 2.39. The normalized spacial score (nSPS) is 15.7. The van der Waals surface area contributed by atoms with Crippen LogP contribution in [0.1, 0.15) is 46.0 Å². The molecule has 0 fully saturated rings. The van der Waals surface area contributed by atoms with Crippen molar-refractivity contribution in [1.29, 1.82) is 0 Å². The van der Waals surface area contributed by atoms with Crippen LogP contribution in [0.25, 0.3) is 12.2 Å². The van der Waals surface area contributed by atoms with Gasteiger partial charge in [0.2, 0.25) is 0 Å². The van der Waals surface area contributed by atoms with Gasteiger partial charge in [0, 0.05) is 0 Å². The van der Waals surface area contributed by atoms with Crippen molar-refractivity contribution in [2.45, 2.75) is 46.0 Å². The number of fused-ring (bicyclic) bond motifs is 1. The Kier molecular flexibility index (Phi) is 4.94. The molecule has 1 nitrogen and oxygen atoms in total. The predicted octanol–water partition coefficient (Wildman–Crippen LogP) is 3.36. The average molecular weight is 268 g/mol. The fourth-order valence-electron chi connectivity index (χ4n) is 2.93. The zero-order chi connectivity index (χ0) is 14.4. The highest BCUT2D eigenvalue weighted by molar-refractivity contribution is 6.05. The van der Waals surface area contributed by atoms with Gasteiger partial charge in [0.25, 0.3) is 0 Å². The summed E-state index contributed by atoms with van der Waals surface area (Å²) in [6.07, 6.45) is 13.6. The quantitative estimate of drug-likeness (QED) is 0.547. The molecule has 2 rings (SSSR count). The zero-order valence-electron chi connectivity index (χ0n) is 12.6. The molecule has 0 heterocycles.